The van der Waals surface area contributed by atoms with E-state index in [9.17, 15) is 19.5 Å². The average Bonchev–Trinajstić information content (AvgIpc) is 2.88. The normalized spacial score (nSPS) is 20.7. The molecule has 1 amide bonds. The van der Waals surface area contributed by atoms with Crippen molar-refractivity contribution < 1.29 is 24.2 Å². The maximum atomic E-state index is 12.7. The van der Waals surface area contributed by atoms with Crippen molar-refractivity contribution in [1.29, 1.82) is 0 Å². The Hall–Kier alpha value is -2.15. The van der Waals surface area contributed by atoms with Crippen molar-refractivity contribution in [2.45, 2.75) is 33.6 Å². The largest absolute Gasteiger partial charge is 0.481 e. The van der Waals surface area contributed by atoms with E-state index in [1.54, 1.807) is 6.07 Å². The Balaban J connectivity index is 2.26. The van der Waals surface area contributed by atoms with E-state index in [0.717, 1.165) is 16.0 Å². The number of hydrogen-bond acceptors (Lipinski definition) is 5. The van der Waals surface area contributed by atoms with E-state index in [1.165, 1.54) is 18.4 Å². The van der Waals surface area contributed by atoms with Crippen molar-refractivity contribution in [3.63, 3.8) is 0 Å². The van der Waals surface area contributed by atoms with Gasteiger partial charge in [-0.05, 0) is 39.7 Å². The van der Waals surface area contributed by atoms with Crippen LogP contribution >= 0.6 is 11.3 Å². The predicted molar refractivity (Wildman–Crippen MR) is 91.2 cm³/mol. The zero-order valence-electron chi connectivity index (χ0n) is 14.1. The predicted octanol–water partition coefficient (Wildman–Crippen LogP) is 3.23. The number of esters is 1. The summed E-state index contributed by atoms with van der Waals surface area (Å²) >= 11 is 1.27. The number of carbonyl (C=O) groups is 3. The number of ether oxygens (including phenoxy) is 1. The lowest BCUT2D eigenvalue weighted by molar-refractivity contribution is -0.146. The summed E-state index contributed by atoms with van der Waals surface area (Å²) in [4.78, 5) is 36.9. The minimum Gasteiger partial charge on any atom is -0.481 e. The summed E-state index contributed by atoms with van der Waals surface area (Å²) in [6, 6.07) is 1.65. The second-order valence-corrected chi connectivity index (χ2v) is 7.36. The van der Waals surface area contributed by atoms with Crippen LogP contribution < -0.4 is 5.32 Å². The quantitative estimate of drug-likeness (QED) is 0.642. The Morgan fingerprint density at radius 1 is 1.17 bits per heavy atom. The minimum absolute atomic E-state index is 0.291. The fraction of sp³-hybridized carbons (Fsp3) is 0.471. The van der Waals surface area contributed by atoms with Crippen LogP contribution in [0.5, 0.6) is 0 Å². The first-order chi connectivity index (χ1) is 11.2. The SMILES string of the molecule is COC(=O)c1cc(C)sc1NC(=O)[C@@H]1CC(C)=C(C)C[C@@H]1C(=O)O. The molecule has 2 atom stereocenters. The van der Waals surface area contributed by atoms with Gasteiger partial charge in [-0.2, -0.15) is 0 Å². The zero-order valence-corrected chi connectivity index (χ0v) is 15.0. The molecule has 0 spiro atoms. The van der Waals surface area contributed by atoms with Crippen LogP contribution in [0.25, 0.3) is 0 Å². The smallest absolute Gasteiger partial charge is 0.340 e. The molecule has 0 saturated heterocycles. The van der Waals surface area contributed by atoms with E-state index >= 15 is 0 Å². The first kappa shape index (κ1) is 18.2. The van der Waals surface area contributed by atoms with Crippen molar-refractivity contribution in [3.8, 4) is 0 Å². The number of rotatable bonds is 4. The number of allylic oxidation sites excluding steroid dienone is 2. The Bertz CT molecular complexity index is 719. The molecule has 0 aromatic carbocycles. The number of aliphatic carboxylic acids is 1. The molecule has 2 rings (SSSR count). The third-order valence-corrected chi connectivity index (χ3v) is 5.38. The van der Waals surface area contributed by atoms with E-state index in [0.29, 0.717) is 23.4 Å². The van der Waals surface area contributed by atoms with Crippen LogP contribution in [0.15, 0.2) is 17.2 Å². The molecule has 0 fully saturated rings. The van der Waals surface area contributed by atoms with Gasteiger partial charge in [0.15, 0.2) is 0 Å². The zero-order chi connectivity index (χ0) is 18.0. The molecule has 1 heterocycles. The number of anilines is 1. The molecule has 0 unspecified atom stereocenters. The van der Waals surface area contributed by atoms with E-state index in [-0.39, 0.29) is 5.91 Å². The molecule has 0 saturated carbocycles. The van der Waals surface area contributed by atoms with Gasteiger partial charge in [0.1, 0.15) is 5.00 Å². The van der Waals surface area contributed by atoms with Crippen molar-refractivity contribution in [1.82, 2.24) is 0 Å². The molecular formula is C17H21NO5S. The second kappa shape index (κ2) is 7.17. The van der Waals surface area contributed by atoms with Crippen LogP contribution in [0.3, 0.4) is 0 Å². The third-order valence-electron chi connectivity index (χ3n) is 4.42. The second-order valence-electron chi connectivity index (χ2n) is 6.10. The molecule has 2 N–H and O–H groups in total. The van der Waals surface area contributed by atoms with Gasteiger partial charge in [0.2, 0.25) is 5.91 Å². The lowest BCUT2D eigenvalue weighted by Crippen LogP contribution is -2.36. The molecule has 0 aliphatic heterocycles. The summed E-state index contributed by atoms with van der Waals surface area (Å²) in [7, 11) is 1.28. The van der Waals surface area contributed by atoms with Crippen molar-refractivity contribution in [3.05, 3.63) is 27.7 Å². The standard InChI is InChI=1S/C17H21NO5S/c1-8-5-11(12(16(20)21)6-9(8)2)14(19)18-15-13(17(22)23-4)7-10(3)24-15/h7,11-12H,5-6H2,1-4H3,(H,18,19)(H,20,21)/t11-,12+/m1/s1. The van der Waals surface area contributed by atoms with Crippen molar-refractivity contribution in [2.24, 2.45) is 11.8 Å². The fourth-order valence-electron chi connectivity index (χ4n) is 2.90. The van der Waals surface area contributed by atoms with E-state index in [2.05, 4.69) is 5.32 Å². The van der Waals surface area contributed by atoms with Crippen LogP contribution in [-0.2, 0) is 14.3 Å². The number of aryl methyl sites for hydroxylation is 1. The van der Waals surface area contributed by atoms with Crippen LogP contribution in [0.4, 0.5) is 5.00 Å². The Kier molecular flexibility index (Phi) is 5.43. The molecule has 0 bridgehead atoms. The van der Waals surface area contributed by atoms with Gasteiger partial charge < -0.3 is 15.2 Å². The molecular weight excluding hydrogens is 330 g/mol. The lowest BCUT2D eigenvalue weighted by Gasteiger charge is -2.29. The highest BCUT2D eigenvalue weighted by molar-refractivity contribution is 7.16. The average molecular weight is 351 g/mol. The van der Waals surface area contributed by atoms with Crippen LogP contribution in [-0.4, -0.2) is 30.1 Å². The molecule has 1 aliphatic rings. The molecule has 1 aromatic heterocycles. The van der Waals surface area contributed by atoms with E-state index < -0.39 is 23.8 Å². The number of amides is 1. The molecule has 24 heavy (non-hydrogen) atoms. The topological polar surface area (TPSA) is 92.7 Å². The number of thiophene rings is 1. The van der Waals surface area contributed by atoms with Crippen molar-refractivity contribution >= 4 is 34.2 Å². The first-order valence-electron chi connectivity index (χ1n) is 7.62. The molecule has 6 nitrogen and oxygen atoms in total. The molecule has 1 aromatic rings. The van der Waals surface area contributed by atoms with Gasteiger partial charge in [0.25, 0.3) is 0 Å². The lowest BCUT2D eigenvalue weighted by atomic mass is 9.76. The summed E-state index contributed by atoms with van der Waals surface area (Å²) in [5, 5.41) is 12.6. The van der Waals surface area contributed by atoms with Gasteiger partial charge in [-0.3, -0.25) is 9.59 Å². The number of methoxy groups -OCH3 is 1. The van der Waals surface area contributed by atoms with E-state index in [1.807, 2.05) is 20.8 Å². The molecule has 130 valence electrons. The fourth-order valence-corrected chi connectivity index (χ4v) is 3.80. The van der Waals surface area contributed by atoms with Gasteiger partial charge in [0.05, 0.1) is 24.5 Å². The van der Waals surface area contributed by atoms with Gasteiger partial charge in [-0.15, -0.1) is 11.3 Å². The molecule has 1 aliphatic carbocycles. The highest BCUT2D eigenvalue weighted by atomic mass is 32.1. The third kappa shape index (κ3) is 3.67. The number of carboxylic acids is 1. The summed E-state index contributed by atoms with van der Waals surface area (Å²) in [6.45, 7) is 5.64. The summed E-state index contributed by atoms with van der Waals surface area (Å²) in [5.74, 6) is -3.28. The Morgan fingerprint density at radius 2 is 1.75 bits per heavy atom. The van der Waals surface area contributed by atoms with Crippen molar-refractivity contribution in [2.75, 3.05) is 12.4 Å². The summed E-state index contributed by atoms with van der Waals surface area (Å²) in [5.41, 5.74) is 2.36. The van der Waals surface area contributed by atoms with Crippen LogP contribution in [0.2, 0.25) is 0 Å². The highest BCUT2D eigenvalue weighted by Gasteiger charge is 2.37. The minimum atomic E-state index is -0.974. The number of carboxylic acid groups (broad SMARTS) is 1. The summed E-state index contributed by atoms with van der Waals surface area (Å²) in [6.07, 6.45) is 0.777. The Labute approximate surface area is 144 Å². The maximum Gasteiger partial charge on any atom is 0.340 e. The maximum absolute atomic E-state index is 12.7. The highest BCUT2D eigenvalue weighted by Crippen LogP contribution is 2.36. The number of hydrogen-bond donors (Lipinski definition) is 2. The van der Waals surface area contributed by atoms with Gasteiger partial charge >= 0.3 is 11.9 Å². The molecule has 7 heteroatoms. The van der Waals surface area contributed by atoms with E-state index in [4.69, 9.17) is 4.74 Å². The van der Waals surface area contributed by atoms with Crippen LogP contribution in [0, 0.1) is 18.8 Å². The number of carbonyl (C=O) groups excluding carboxylic acids is 2. The first-order valence-corrected chi connectivity index (χ1v) is 8.43. The monoisotopic (exact) mass is 351 g/mol. The van der Waals surface area contributed by atoms with Crippen LogP contribution in [0.1, 0.15) is 41.9 Å². The van der Waals surface area contributed by atoms with Gasteiger partial charge in [0, 0.05) is 4.88 Å². The number of nitrogens with one attached hydrogen (secondary N) is 1. The Morgan fingerprint density at radius 3 is 2.29 bits per heavy atom. The van der Waals surface area contributed by atoms with Gasteiger partial charge in [-0.25, -0.2) is 4.79 Å². The molecule has 0 radical (unpaired) electrons. The summed E-state index contributed by atoms with van der Waals surface area (Å²) < 4.78 is 4.72. The van der Waals surface area contributed by atoms with Gasteiger partial charge in [-0.1, -0.05) is 11.1 Å².